The highest BCUT2D eigenvalue weighted by Crippen LogP contribution is 2.16. The largest absolute Gasteiger partial charge is 0.361 e. The molecule has 0 spiro atoms. The summed E-state index contributed by atoms with van der Waals surface area (Å²) in [6, 6.07) is 13.2. The minimum atomic E-state index is -0.234. The molecule has 0 aliphatic carbocycles. The van der Waals surface area contributed by atoms with Gasteiger partial charge in [0.1, 0.15) is 5.76 Å². The number of aromatic nitrogens is 2. The predicted molar refractivity (Wildman–Crippen MR) is 103 cm³/mol. The Kier molecular flexibility index (Phi) is 4.97. The minimum Gasteiger partial charge on any atom is -0.361 e. The number of benzene rings is 1. The summed E-state index contributed by atoms with van der Waals surface area (Å²) in [7, 11) is 0. The maximum Gasteiger partial charge on any atom is 0.273 e. The van der Waals surface area contributed by atoms with Crippen molar-refractivity contribution in [3.8, 4) is 5.69 Å². The van der Waals surface area contributed by atoms with Crippen molar-refractivity contribution >= 4 is 11.8 Å². The average Bonchev–Trinajstić information content (AvgIpc) is 3.40. The van der Waals surface area contributed by atoms with Gasteiger partial charge in [0.25, 0.3) is 11.8 Å². The predicted octanol–water partition coefficient (Wildman–Crippen LogP) is 2.81. The third-order valence-corrected chi connectivity index (χ3v) is 4.99. The lowest BCUT2D eigenvalue weighted by molar-refractivity contribution is 0.0697. The number of rotatable bonds is 4. The van der Waals surface area contributed by atoms with Crippen molar-refractivity contribution in [2.24, 2.45) is 0 Å². The van der Waals surface area contributed by atoms with Crippen molar-refractivity contribution in [1.29, 1.82) is 0 Å². The Morgan fingerprint density at radius 2 is 1.79 bits per heavy atom. The number of aryl methyl sites for hydroxylation is 1. The van der Waals surface area contributed by atoms with Gasteiger partial charge < -0.3 is 19.3 Å². The Morgan fingerprint density at radius 3 is 2.39 bits per heavy atom. The van der Waals surface area contributed by atoms with Crippen LogP contribution in [0.2, 0.25) is 0 Å². The van der Waals surface area contributed by atoms with Crippen LogP contribution in [0.5, 0.6) is 0 Å². The van der Waals surface area contributed by atoms with Gasteiger partial charge in [0.2, 0.25) is 0 Å². The molecule has 1 aliphatic heterocycles. The molecule has 1 aliphatic rings. The summed E-state index contributed by atoms with van der Waals surface area (Å²) in [6.45, 7) is 2.97. The molecular formula is C21H22N4O3. The number of carbonyl (C=O) groups is 2. The molecule has 2 aromatic heterocycles. The van der Waals surface area contributed by atoms with Crippen LogP contribution in [0.25, 0.3) is 5.69 Å². The monoisotopic (exact) mass is 378 g/mol. The van der Waals surface area contributed by atoms with E-state index in [0.29, 0.717) is 30.1 Å². The van der Waals surface area contributed by atoms with Crippen molar-refractivity contribution < 1.29 is 14.1 Å². The lowest BCUT2D eigenvalue weighted by atomic mass is 10.0. The third-order valence-electron chi connectivity index (χ3n) is 4.99. The molecule has 0 bridgehead atoms. The SMILES string of the molecule is Cc1cc(C(=O)NC2CCN(C(=O)c3ccc(-n4cccc4)cc3)CC2)no1. The lowest BCUT2D eigenvalue weighted by Gasteiger charge is -2.32. The van der Waals surface area contributed by atoms with Gasteiger partial charge in [-0.25, -0.2) is 0 Å². The van der Waals surface area contributed by atoms with Crippen molar-refractivity contribution in [1.82, 2.24) is 19.9 Å². The fourth-order valence-corrected chi connectivity index (χ4v) is 3.43. The van der Waals surface area contributed by atoms with Crippen LogP contribution in [0.4, 0.5) is 0 Å². The van der Waals surface area contributed by atoms with Crippen LogP contribution in [0.15, 0.2) is 59.4 Å². The topological polar surface area (TPSA) is 80.4 Å². The quantitative estimate of drug-likeness (QED) is 0.757. The number of carbonyl (C=O) groups excluding carboxylic acids is 2. The number of amides is 2. The molecule has 0 atom stereocenters. The van der Waals surface area contributed by atoms with Crippen molar-refractivity contribution in [3.05, 3.63) is 71.9 Å². The molecular weight excluding hydrogens is 356 g/mol. The fourth-order valence-electron chi connectivity index (χ4n) is 3.43. The van der Waals surface area contributed by atoms with E-state index >= 15 is 0 Å². The van der Waals surface area contributed by atoms with E-state index in [1.807, 2.05) is 58.3 Å². The third kappa shape index (κ3) is 3.83. The van der Waals surface area contributed by atoms with Crippen molar-refractivity contribution in [3.63, 3.8) is 0 Å². The first-order valence-corrected chi connectivity index (χ1v) is 9.37. The zero-order valence-corrected chi connectivity index (χ0v) is 15.7. The highest BCUT2D eigenvalue weighted by molar-refractivity contribution is 5.94. The first-order chi connectivity index (χ1) is 13.6. The second-order valence-corrected chi connectivity index (χ2v) is 7.00. The van der Waals surface area contributed by atoms with Crippen LogP contribution in [0, 0.1) is 6.92 Å². The molecule has 1 saturated heterocycles. The van der Waals surface area contributed by atoms with Gasteiger partial charge in [0, 0.05) is 48.8 Å². The first-order valence-electron chi connectivity index (χ1n) is 9.37. The molecule has 4 rings (SSSR count). The molecule has 7 nitrogen and oxygen atoms in total. The molecule has 144 valence electrons. The molecule has 1 N–H and O–H groups in total. The Bertz CT molecular complexity index is 952. The number of likely N-dealkylation sites (tertiary alicyclic amines) is 1. The van der Waals surface area contributed by atoms with E-state index in [1.54, 1.807) is 13.0 Å². The van der Waals surface area contributed by atoms with E-state index in [9.17, 15) is 9.59 Å². The zero-order valence-electron chi connectivity index (χ0n) is 15.7. The summed E-state index contributed by atoms with van der Waals surface area (Å²) in [5, 5.41) is 6.70. The van der Waals surface area contributed by atoms with Gasteiger partial charge in [-0.3, -0.25) is 9.59 Å². The molecule has 28 heavy (non-hydrogen) atoms. The highest BCUT2D eigenvalue weighted by atomic mass is 16.5. The summed E-state index contributed by atoms with van der Waals surface area (Å²) >= 11 is 0. The van der Waals surface area contributed by atoms with E-state index in [4.69, 9.17) is 4.52 Å². The van der Waals surface area contributed by atoms with Crippen molar-refractivity contribution in [2.75, 3.05) is 13.1 Å². The zero-order chi connectivity index (χ0) is 19.5. The molecule has 0 unspecified atom stereocenters. The van der Waals surface area contributed by atoms with Crippen LogP contribution < -0.4 is 5.32 Å². The maximum atomic E-state index is 12.8. The summed E-state index contributed by atoms with van der Waals surface area (Å²) in [5.74, 6) is 0.395. The van der Waals surface area contributed by atoms with Crippen LogP contribution in [-0.2, 0) is 0 Å². The van der Waals surface area contributed by atoms with E-state index in [2.05, 4.69) is 10.5 Å². The smallest absolute Gasteiger partial charge is 0.273 e. The van der Waals surface area contributed by atoms with Crippen LogP contribution in [0.1, 0.15) is 39.4 Å². The summed E-state index contributed by atoms with van der Waals surface area (Å²) in [6.07, 6.45) is 5.37. The molecule has 3 aromatic rings. The number of piperidine rings is 1. The van der Waals surface area contributed by atoms with Crippen molar-refractivity contribution in [2.45, 2.75) is 25.8 Å². The molecule has 3 heterocycles. The van der Waals surface area contributed by atoms with E-state index in [1.165, 1.54) is 0 Å². The molecule has 1 fully saturated rings. The van der Waals surface area contributed by atoms with Gasteiger partial charge in [-0.1, -0.05) is 5.16 Å². The van der Waals surface area contributed by atoms with Crippen LogP contribution in [-0.4, -0.2) is 45.6 Å². The fraction of sp³-hybridized carbons (Fsp3) is 0.286. The van der Waals surface area contributed by atoms with Gasteiger partial charge in [0.15, 0.2) is 5.69 Å². The van der Waals surface area contributed by atoms with E-state index < -0.39 is 0 Å². The molecule has 0 radical (unpaired) electrons. The summed E-state index contributed by atoms with van der Waals surface area (Å²) in [5.41, 5.74) is 1.99. The van der Waals surface area contributed by atoms with Gasteiger partial charge >= 0.3 is 0 Å². The second-order valence-electron chi connectivity index (χ2n) is 7.00. The minimum absolute atomic E-state index is 0.0240. The van der Waals surface area contributed by atoms with Gasteiger partial charge in [-0.2, -0.15) is 0 Å². The Labute approximate surface area is 162 Å². The number of hydrogen-bond donors (Lipinski definition) is 1. The number of nitrogens with zero attached hydrogens (tertiary/aromatic N) is 3. The molecule has 7 heteroatoms. The standard InChI is InChI=1S/C21H22N4O3/c1-15-14-19(23-28-15)20(26)22-17-8-12-25(13-9-17)21(27)16-4-6-18(7-5-16)24-10-2-3-11-24/h2-7,10-11,14,17H,8-9,12-13H2,1H3,(H,22,26). The molecule has 1 aromatic carbocycles. The van der Waals surface area contributed by atoms with E-state index in [-0.39, 0.29) is 17.9 Å². The lowest BCUT2D eigenvalue weighted by Crippen LogP contribution is -2.46. The molecule has 2 amide bonds. The first kappa shape index (κ1) is 18.0. The summed E-state index contributed by atoms with van der Waals surface area (Å²) in [4.78, 5) is 26.8. The normalized spacial score (nSPS) is 14.8. The average molecular weight is 378 g/mol. The van der Waals surface area contributed by atoms with Gasteiger partial charge in [-0.05, 0) is 56.2 Å². The maximum absolute atomic E-state index is 12.8. The van der Waals surface area contributed by atoms with Gasteiger partial charge in [-0.15, -0.1) is 0 Å². The number of hydrogen-bond acceptors (Lipinski definition) is 4. The second kappa shape index (κ2) is 7.72. The number of nitrogens with one attached hydrogen (secondary N) is 1. The Hall–Kier alpha value is -3.35. The Morgan fingerprint density at radius 1 is 1.11 bits per heavy atom. The van der Waals surface area contributed by atoms with Crippen LogP contribution >= 0.6 is 0 Å². The van der Waals surface area contributed by atoms with E-state index in [0.717, 1.165) is 18.5 Å². The molecule has 0 saturated carbocycles. The highest BCUT2D eigenvalue weighted by Gasteiger charge is 2.25. The Balaban J connectivity index is 1.32. The van der Waals surface area contributed by atoms with Gasteiger partial charge in [0.05, 0.1) is 0 Å². The summed E-state index contributed by atoms with van der Waals surface area (Å²) < 4.78 is 6.94. The van der Waals surface area contributed by atoms with Crippen LogP contribution in [0.3, 0.4) is 0 Å².